The molecule has 0 amide bonds. The number of rotatable bonds is 7. The van der Waals surface area contributed by atoms with E-state index in [2.05, 4.69) is 35.2 Å². The Labute approximate surface area is 211 Å². The maximum atomic E-state index is 14.0. The van der Waals surface area contributed by atoms with Gasteiger partial charge in [0.15, 0.2) is 5.82 Å². The van der Waals surface area contributed by atoms with Gasteiger partial charge in [-0.15, -0.1) is 18.3 Å². The largest absolute Gasteiger partial charge is 0.573 e. The first-order valence-corrected chi connectivity index (χ1v) is 10.9. The van der Waals surface area contributed by atoms with E-state index in [1.807, 2.05) is 0 Å². The van der Waals surface area contributed by atoms with Gasteiger partial charge in [-0.25, -0.2) is 4.39 Å². The lowest BCUT2D eigenvalue weighted by Crippen LogP contribution is -2.16. The van der Waals surface area contributed by atoms with Crippen molar-refractivity contribution < 1.29 is 22.3 Å². The molecule has 184 valence electrons. The molecule has 0 bridgehead atoms. The Kier molecular flexibility index (Phi) is 7.61. The summed E-state index contributed by atoms with van der Waals surface area (Å²) in [5.41, 5.74) is 1.11. The molecule has 13 heteroatoms. The Hall–Kier alpha value is -3.83. The van der Waals surface area contributed by atoms with E-state index in [1.54, 1.807) is 24.3 Å². The highest BCUT2D eigenvalue weighted by atomic mass is 35.5. The number of hydrogen-bond acceptors (Lipinski definition) is 7. The van der Waals surface area contributed by atoms with Gasteiger partial charge in [0.2, 0.25) is 5.95 Å². The summed E-state index contributed by atoms with van der Waals surface area (Å²) >= 11 is 11.9. The van der Waals surface area contributed by atoms with E-state index in [0.717, 1.165) is 12.1 Å². The summed E-state index contributed by atoms with van der Waals surface area (Å²) in [5, 5.41) is 11.6. The van der Waals surface area contributed by atoms with Gasteiger partial charge in [-0.2, -0.15) is 20.1 Å². The first-order valence-electron chi connectivity index (χ1n) is 10.1. The number of hydrogen-bond donors (Lipinski definition) is 1. The smallest absolute Gasteiger partial charge is 0.406 e. The second-order valence-corrected chi connectivity index (χ2v) is 7.93. The summed E-state index contributed by atoms with van der Waals surface area (Å²) < 4.78 is 55.3. The van der Waals surface area contributed by atoms with Crippen LogP contribution in [0.4, 0.5) is 35.1 Å². The molecule has 1 N–H and O–H groups in total. The normalized spacial score (nSPS) is 11.6. The number of ether oxygens (including phenoxy) is 1. The molecule has 3 aromatic carbocycles. The highest BCUT2D eigenvalue weighted by molar-refractivity contribution is 6.31. The molecule has 0 saturated carbocycles. The van der Waals surface area contributed by atoms with E-state index < -0.39 is 17.9 Å². The molecule has 0 radical (unpaired) electrons. The molecule has 0 atom stereocenters. The number of aromatic nitrogens is 3. The zero-order valence-corrected chi connectivity index (χ0v) is 19.5. The van der Waals surface area contributed by atoms with Crippen molar-refractivity contribution in [2.45, 2.75) is 12.9 Å². The van der Waals surface area contributed by atoms with E-state index in [9.17, 15) is 17.6 Å². The minimum absolute atomic E-state index is 0.0795. The van der Waals surface area contributed by atoms with E-state index in [0.29, 0.717) is 16.3 Å². The van der Waals surface area contributed by atoms with Crippen LogP contribution in [0.3, 0.4) is 0 Å². The third kappa shape index (κ3) is 6.86. The number of alkyl halides is 3. The number of halogens is 6. The van der Waals surface area contributed by atoms with Gasteiger partial charge >= 0.3 is 6.36 Å². The lowest BCUT2D eigenvalue weighted by molar-refractivity contribution is -0.274. The number of nitrogens with one attached hydrogen (secondary N) is 1. The Morgan fingerprint density at radius 1 is 0.889 bits per heavy atom. The minimum atomic E-state index is -4.82. The third-order valence-corrected chi connectivity index (χ3v) is 5.13. The molecule has 4 aromatic rings. The average Bonchev–Trinajstić information content (AvgIpc) is 2.82. The first kappa shape index (κ1) is 25.3. The molecule has 0 aliphatic rings. The van der Waals surface area contributed by atoms with Crippen LogP contribution in [0.5, 0.6) is 5.75 Å². The SMILES string of the molecule is Fc1cccc(Cl)c1CN=Nc1nc(Nc2ccc(Cl)cc2)nc(-c2ccc(OC(F)(F)F)cc2)n1. The fourth-order valence-electron chi connectivity index (χ4n) is 2.92. The van der Waals surface area contributed by atoms with Gasteiger partial charge in [0.05, 0.1) is 6.54 Å². The van der Waals surface area contributed by atoms with E-state index in [4.69, 9.17) is 23.2 Å². The lowest BCUT2D eigenvalue weighted by atomic mass is 10.2. The van der Waals surface area contributed by atoms with E-state index in [1.165, 1.54) is 30.3 Å². The van der Waals surface area contributed by atoms with E-state index in [-0.39, 0.29) is 34.9 Å². The molecule has 0 aliphatic heterocycles. The van der Waals surface area contributed by atoms with Crippen LogP contribution in [0, 0.1) is 5.82 Å². The Morgan fingerprint density at radius 3 is 2.28 bits per heavy atom. The van der Waals surface area contributed by atoms with Crippen molar-refractivity contribution in [2.75, 3.05) is 5.32 Å². The molecule has 1 heterocycles. The maximum absolute atomic E-state index is 14.0. The summed E-state index contributed by atoms with van der Waals surface area (Å²) in [6.45, 7) is -0.171. The Morgan fingerprint density at radius 2 is 1.61 bits per heavy atom. The van der Waals surface area contributed by atoms with Gasteiger partial charge in [-0.3, -0.25) is 0 Å². The topological polar surface area (TPSA) is 84.7 Å². The Balaban J connectivity index is 1.64. The fourth-order valence-corrected chi connectivity index (χ4v) is 3.26. The maximum Gasteiger partial charge on any atom is 0.573 e. The van der Waals surface area contributed by atoms with E-state index >= 15 is 0 Å². The monoisotopic (exact) mass is 536 g/mol. The summed E-state index contributed by atoms with van der Waals surface area (Å²) in [6, 6.07) is 15.9. The molecule has 0 spiro atoms. The number of azo groups is 1. The van der Waals surface area contributed by atoms with Gasteiger partial charge in [-0.1, -0.05) is 29.3 Å². The molecule has 1 aromatic heterocycles. The summed E-state index contributed by atoms with van der Waals surface area (Å²) in [5.74, 6) is -0.890. The average molecular weight is 537 g/mol. The standard InChI is InChI=1S/C23H14Cl2F4N6O/c24-14-6-8-15(9-7-14)31-21-32-20(13-4-10-16(11-5-13)36-23(27,28)29)33-22(34-21)35-30-12-17-18(25)2-1-3-19(17)26/h1-11H,12H2,(H,31,32,33,34). The van der Waals surface area contributed by atoms with Crippen molar-refractivity contribution in [1.82, 2.24) is 15.0 Å². The number of benzene rings is 3. The predicted molar refractivity (Wildman–Crippen MR) is 126 cm³/mol. The third-order valence-electron chi connectivity index (χ3n) is 4.52. The fraction of sp³-hybridized carbons (Fsp3) is 0.0870. The number of anilines is 2. The quantitative estimate of drug-likeness (QED) is 0.191. The van der Waals surface area contributed by atoms with Crippen LogP contribution in [-0.4, -0.2) is 21.3 Å². The zero-order valence-electron chi connectivity index (χ0n) is 18.0. The lowest BCUT2D eigenvalue weighted by Gasteiger charge is -2.10. The van der Waals surface area contributed by atoms with Crippen molar-refractivity contribution in [3.05, 3.63) is 88.2 Å². The van der Waals surface area contributed by atoms with Crippen LogP contribution in [0.1, 0.15) is 5.56 Å². The predicted octanol–water partition coefficient (Wildman–Crippen LogP) is 7.91. The second-order valence-electron chi connectivity index (χ2n) is 7.09. The van der Waals surface area contributed by atoms with Crippen LogP contribution in [-0.2, 0) is 6.54 Å². The first-order chi connectivity index (χ1) is 17.2. The molecular weight excluding hydrogens is 523 g/mol. The molecule has 4 rings (SSSR count). The van der Waals surface area contributed by atoms with Crippen molar-refractivity contribution in [2.24, 2.45) is 10.2 Å². The minimum Gasteiger partial charge on any atom is -0.406 e. The van der Waals surface area contributed by atoms with Gasteiger partial charge in [0, 0.05) is 26.9 Å². The van der Waals surface area contributed by atoms with Crippen molar-refractivity contribution in [1.29, 1.82) is 0 Å². The highest BCUT2D eigenvalue weighted by Crippen LogP contribution is 2.27. The summed E-state index contributed by atoms with van der Waals surface area (Å²) in [4.78, 5) is 12.7. The van der Waals surface area contributed by atoms with Crippen LogP contribution in [0.25, 0.3) is 11.4 Å². The molecule has 0 saturated heterocycles. The van der Waals surface area contributed by atoms with Crippen LogP contribution in [0.15, 0.2) is 77.0 Å². The molecule has 7 nitrogen and oxygen atoms in total. The van der Waals surface area contributed by atoms with Gasteiger partial charge in [0.1, 0.15) is 11.6 Å². The molecule has 0 unspecified atom stereocenters. The summed E-state index contributed by atoms with van der Waals surface area (Å²) in [7, 11) is 0. The van der Waals surface area contributed by atoms with Crippen molar-refractivity contribution >= 4 is 40.8 Å². The number of nitrogens with zero attached hydrogens (tertiary/aromatic N) is 5. The molecule has 0 aliphatic carbocycles. The second kappa shape index (κ2) is 10.8. The van der Waals surface area contributed by atoms with Crippen LogP contribution >= 0.6 is 23.2 Å². The highest BCUT2D eigenvalue weighted by Gasteiger charge is 2.31. The van der Waals surface area contributed by atoms with Crippen LogP contribution < -0.4 is 10.1 Å². The Bertz CT molecular complexity index is 1360. The van der Waals surface area contributed by atoms with Crippen LogP contribution in [0.2, 0.25) is 10.0 Å². The van der Waals surface area contributed by atoms with Crippen molar-refractivity contribution in [3.8, 4) is 17.1 Å². The molecule has 36 heavy (non-hydrogen) atoms. The molecular formula is C23H14Cl2F4N6O. The van der Waals surface area contributed by atoms with Gasteiger partial charge in [0.25, 0.3) is 5.95 Å². The summed E-state index contributed by atoms with van der Waals surface area (Å²) in [6.07, 6.45) is -4.82. The van der Waals surface area contributed by atoms with Gasteiger partial charge in [-0.05, 0) is 60.7 Å². The zero-order chi connectivity index (χ0) is 25.7. The van der Waals surface area contributed by atoms with Crippen molar-refractivity contribution in [3.63, 3.8) is 0 Å². The molecule has 0 fully saturated rings. The van der Waals surface area contributed by atoms with Gasteiger partial charge < -0.3 is 10.1 Å².